The molecule has 2 rings (SSSR count). The summed E-state index contributed by atoms with van der Waals surface area (Å²) in [5, 5.41) is 0. The smallest absolute Gasteiger partial charge is 0.143 e. The first kappa shape index (κ1) is 5.86. The van der Waals surface area contributed by atoms with Gasteiger partial charge in [-0.2, -0.15) is 0 Å². The lowest BCUT2D eigenvalue weighted by Gasteiger charge is -1.88. The molecule has 0 N–H and O–H groups in total. The van der Waals surface area contributed by atoms with Crippen LogP contribution in [0.1, 0.15) is 0 Å². The molecule has 0 aromatic carbocycles. The molecule has 2 nitrogen and oxygen atoms in total. The first-order valence-electron chi connectivity index (χ1n) is 2.81. The van der Waals surface area contributed by atoms with E-state index in [9.17, 15) is 0 Å². The van der Waals surface area contributed by atoms with Crippen molar-refractivity contribution in [2.45, 2.75) is 0 Å². The summed E-state index contributed by atoms with van der Waals surface area (Å²) >= 11 is 1.52. The molecule has 0 saturated carbocycles. The van der Waals surface area contributed by atoms with E-state index in [1.54, 1.807) is 11.7 Å². The van der Waals surface area contributed by atoms with Crippen molar-refractivity contribution in [2.24, 2.45) is 0 Å². The third-order valence-corrected chi connectivity index (χ3v) is 1.96. The molecule has 0 amide bonds. The predicted octanol–water partition coefficient (Wildman–Crippen LogP) is 0.485. The average molecular weight is 146 g/mol. The fraction of sp³-hybridized carbons (Fsp3) is 0. The Kier molecular flexibility index (Phi) is 1.20. The van der Waals surface area contributed by atoms with E-state index in [-0.39, 0.29) is 0 Å². The minimum absolute atomic E-state index is 0.665. The summed E-state index contributed by atoms with van der Waals surface area (Å²) in [7, 11) is 5.49. The number of pyridine rings is 1. The molecule has 0 spiro atoms. The van der Waals surface area contributed by atoms with Crippen molar-refractivity contribution in [2.75, 3.05) is 0 Å². The van der Waals surface area contributed by atoms with Crippen LogP contribution in [0.2, 0.25) is 0 Å². The van der Waals surface area contributed by atoms with Gasteiger partial charge in [-0.25, -0.2) is 9.97 Å². The molecule has 2 radical (unpaired) electrons. The Labute approximate surface area is 63.3 Å². The topological polar surface area (TPSA) is 25.8 Å². The van der Waals surface area contributed by atoms with Gasteiger partial charge < -0.3 is 0 Å². The van der Waals surface area contributed by atoms with Crippen LogP contribution in [0.25, 0.3) is 10.3 Å². The molecule has 0 aliphatic heterocycles. The number of fused-ring (bicyclic) bond motifs is 1. The molecule has 0 atom stereocenters. The van der Waals surface area contributed by atoms with Gasteiger partial charge in [0.15, 0.2) is 0 Å². The monoisotopic (exact) mass is 146 g/mol. The molecular weight excluding hydrogens is 143 g/mol. The fourth-order valence-electron chi connectivity index (χ4n) is 0.773. The quantitative estimate of drug-likeness (QED) is 0.505. The standard InChI is InChI=1S/C6H3BN2S/c7-4-1-5-6(8-2-4)10-3-9-5/h1-3H. The van der Waals surface area contributed by atoms with Crippen LogP contribution >= 0.6 is 11.3 Å². The van der Waals surface area contributed by atoms with Crippen LogP contribution in [0.15, 0.2) is 17.8 Å². The SMILES string of the molecule is [B]c1cnc2scnc2c1. The maximum Gasteiger partial charge on any atom is 0.143 e. The normalized spacial score (nSPS) is 10.4. The highest BCUT2D eigenvalue weighted by Gasteiger charge is 1.94. The molecule has 0 bridgehead atoms. The Morgan fingerprint density at radius 3 is 3.20 bits per heavy atom. The summed E-state index contributed by atoms with van der Waals surface area (Å²) in [6.07, 6.45) is 1.64. The van der Waals surface area contributed by atoms with E-state index in [1.165, 1.54) is 11.3 Å². The van der Waals surface area contributed by atoms with Gasteiger partial charge in [0.25, 0.3) is 0 Å². The number of hydrogen-bond acceptors (Lipinski definition) is 3. The van der Waals surface area contributed by atoms with Crippen molar-refractivity contribution in [3.8, 4) is 0 Å². The molecule has 2 aromatic heterocycles. The average Bonchev–Trinajstić information content (AvgIpc) is 2.33. The molecule has 0 aliphatic carbocycles. The molecule has 2 heterocycles. The lowest BCUT2D eigenvalue weighted by molar-refractivity contribution is 1.43. The van der Waals surface area contributed by atoms with Crippen LogP contribution in [0.3, 0.4) is 0 Å². The number of hydrogen-bond donors (Lipinski definition) is 0. The Balaban J connectivity index is 2.86. The highest BCUT2D eigenvalue weighted by atomic mass is 32.1. The number of thiazole rings is 1. The van der Waals surface area contributed by atoms with Crippen LogP contribution < -0.4 is 5.46 Å². The van der Waals surface area contributed by atoms with Crippen molar-refractivity contribution in [1.82, 2.24) is 9.97 Å². The summed E-state index contributed by atoms with van der Waals surface area (Å²) in [4.78, 5) is 9.07. The van der Waals surface area contributed by atoms with Gasteiger partial charge in [-0.3, -0.25) is 0 Å². The molecule has 0 unspecified atom stereocenters. The van der Waals surface area contributed by atoms with E-state index in [0.717, 1.165) is 10.3 Å². The van der Waals surface area contributed by atoms with Gasteiger partial charge in [0.1, 0.15) is 12.7 Å². The Hall–Kier alpha value is -0.895. The molecule has 2 aromatic rings. The Bertz CT molecular complexity index is 357. The number of aromatic nitrogens is 2. The first-order valence-corrected chi connectivity index (χ1v) is 3.69. The molecular formula is C6H3BN2S. The third-order valence-electron chi connectivity index (χ3n) is 1.21. The minimum atomic E-state index is 0.665. The fourth-order valence-corrected chi connectivity index (χ4v) is 1.38. The summed E-state index contributed by atoms with van der Waals surface area (Å²) in [5.74, 6) is 0. The van der Waals surface area contributed by atoms with Gasteiger partial charge in [-0.05, 0) is 6.07 Å². The second-order valence-corrected chi connectivity index (χ2v) is 2.78. The maximum atomic E-state index is 5.49. The van der Waals surface area contributed by atoms with E-state index < -0.39 is 0 Å². The van der Waals surface area contributed by atoms with Crippen LogP contribution in [0, 0.1) is 0 Å². The van der Waals surface area contributed by atoms with Crippen molar-refractivity contribution in [3.05, 3.63) is 17.8 Å². The molecule has 4 heteroatoms. The van der Waals surface area contributed by atoms with Gasteiger partial charge >= 0.3 is 0 Å². The Morgan fingerprint density at radius 1 is 1.40 bits per heavy atom. The third kappa shape index (κ3) is 0.808. The van der Waals surface area contributed by atoms with Crippen molar-refractivity contribution >= 4 is 35.0 Å². The van der Waals surface area contributed by atoms with Gasteiger partial charge in [0, 0.05) is 6.20 Å². The van der Waals surface area contributed by atoms with Crippen molar-refractivity contribution < 1.29 is 0 Å². The second kappa shape index (κ2) is 2.06. The lowest BCUT2D eigenvalue weighted by Crippen LogP contribution is -2.01. The summed E-state index contributed by atoms with van der Waals surface area (Å²) in [6, 6.07) is 1.82. The maximum absolute atomic E-state index is 5.49. The predicted molar refractivity (Wildman–Crippen MR) is 42.8 cm³/mol. The van der Waals surface area contributed by atoms with Crippen LogP contribution in [-0.2, 0) is 0 Å². The van der Waals surface area contributed by atoms with Crippen LogP contribution in [-0.4, -0.2) is 17.8 Å². The molecule has 0 fully saturated rings. The largest absolute Gasteiger partial charge is 0.244 e. The van der Waals surface area contributed by atoms with E-state index in [2.05, 4.69) is 9.97 Å². The van der Waals surface area contributed by atoms with E-state index in [1.807, 2.05) is 6.07 Å². The number of nitrogens with zero attached hydrogens (tertiary/aromatic N) is 2. The zero-order valence-electron chi connectivity index (χ0n) is 5.11. The van der Waals surface area contributed by atoms with E-state index in [0.29, 0.717) is 5.46 Å². The van der Waals surface area contributed by atoms with Gasteiger partial charge in [-0.15, -0.1) is 11.3 Å². The van der Waals surface area contributed by atoms with Crippen molar-refractivity contribution in [3.63, 3.8) is 0 Å². The van der Waals surface area contributed by atoms with E-state index in [4.69, 9.17) is 7.85 Å². The highest BCUT2D eigenvalue weighted by Crippen LogP contribution is 2.11. The summed E-state index contributed by atoms with van der Waals surface area (Å²) in [6.45, 7) is 0. The first-order chi connectivity index (χ1) is 4.86. The summed E-state index contributed by atoms with van der Waals surface area (Å²) < 4.78 is 0. The minimum Gasteiger partial charge on any atom is -0.244 e. The van der Waals surface area contributed by atoms with Gasteiger partial charge in [0.2, 0.25) is 0 Å². The van der Waals surface area contributed by atoms with E-state index >= 15 is 0 Å². The molecule has 46 valence electrons. The zero-order chi connectivity index (χ0) is 6.97. The highest BCUT2D eigenvalue weighted by molar-refractivity contribution is 7.16. The number of rotatable bonds is 0. The van der Waals surface area contributed by atoms with Gasteiger partial charge in [-0.1, -0.05) is 5.46 Å². The molecule has 10 heavy (non-hydrogen) atoms. The molecule has 0 saturated heterocycles. The second-order valence-electron chi connectivity index (χ2n) is 1.95. The van der Waals surface area contributed by atoms with Crippen LogP contribution in [0.4, 0.5) is 0 Å². The van der Waals surface area contributed by atoms with Crippen LogP contribution in [0.5, 0.6) is 0 Å². The lowest BCUT2D eigenvalue weighted by atomic mass is 9.99. The molecule has 0 aliphatic rings. The van der Waals surface area contributed by atoms with Gasteiger partial charge in [0.05, 0.1) is 11.0 Å². The zero-order valence-corrected chi connectivity index (χ0v) is 5.93. The van der Waals surface area contributed by atoms with Crippen molar-refractivity contribution in [1.29, 1.82) is 0 Å². The summed E-state index contributed by atoms with van der Waals surface area (Å²) in [5.41, 5.74) is 3.31. The Morgan fingerprint density at radius 2 is 2.30 bits per heavy atom.